The fourth-order valence-corrected chi connectivity index (χ4v) is 13.9. The van der Waals surface area contributed by atoms with Crippen LogP contribution in [0, 0.1) is 21.4 Å². The van der Waals surface area contributed by atoms with Crippen molar-refractivity contribution in [2.75, 3.05) is 61.6 Å². The summed E-state index contributed by atoms with van der Waals surface area (Å²) in [6.45, 7) is 6.12. The lowest BCUT2D eigenvalue weighted by Crippen LogP contribution is -2.55. The zero-order valence-corrected chi connectivity index (χ0v) is 41.4. The molecule has 4 aliphatic heterocycles. The molecule has 0 radical (unpaired) electrons. The second-order valence-electron chi connectivity index (χ2n) is 21.8. The maximum atomic E-state index is 14.7. The van der Waals surface area contributed by atoms with E-state index < -0.39 is 31.9 Å². The second kappa shape index (κ2) is 18.1. The first-order valence-corrected chi connectivity index (χ1v) is 27.2. The van der Waals surface area contributed by atoms with Crippen LogP contribution < -0.4 is 24.6 Å². The first kappa shape index (κ1) is 46.3. The van der Waals surface area contributed by atoms with Crippen molar-refractivity contribution in [2.24, 2.45) is 11.3 Å². The Kier molecular flexibility index (Phi) is 11.8. The number of anilines is 4. The topological polar surface area (TPSA) is 184 Å². The van der Waals surface area contributed by atoms with E-state index in [0.717, 1.165) is 74.7 Å². The van der Waals surface area contributed by atoms with E-state index >= 15 is 0 Å². The van der Waals surface area contributed by atoms with Gasteiger partial charge >= 0.3 is 0 Å². The maximum Gasteiger partial charge on any atom is 0.293 e. The van der Waals surface area contributed by atoms with E-state index in [-0.39, 0.29) is 34.5 Å². The molecule has 17 heteroatoms. The number of aromatic amines is 1. The van der Waals surface area contributed by atoms with Crippen molar-refractivity contribution in [3.63, 3.8) is 0 Å². The molecule has 12 rings (SSSR count). The molecule has 3 atom stereocenters. The Morgan fingerprint density at radius 2 is 1.72 bits per heavy atom. The number of nitro benzene ring substituents is 1. The molecule has 1 spiro atoms. The first-order valence-electron chi connectivity index (χ1n) is 25.8. The number of likely N-dealkylation sites (tertiary alicyclic amines) is 1. The Morgan fingerprint density at radius 1 is 0.930 bits per heavy atom. The van der Waals surface area contributed by atoms with Crippen LogP contribution in [-0.2, 0) is 19.5 Å². The van der Waals surface area contributed by atoms with Crippen molar-refractivity contribution in [2.45, 2.75) is 125 Å². The number of nitrogens with zero attached hydrogens (tertiary/aromatic N) is 5. The van der Waals surface area contributed by atoms with Crippen molar-refractivity contribution < 1.29 is 32.3 Å². The fraction of sp³-hybridized carbons (Fsp3) is 0.519. The quantitative estimate of drug-likeness (QED) is 0.0750. The van der Waals surface area contributed by atoms with Crippen LogP contribution in [0.5, 0.6) is 5.88 Å². The van der Waals surface area contributed by atoms with Crippen LogP contribution in [0.2, 0.25) is 0 Å². The van der Waals surface area contributed by atoms with Gasteiger partial charge in [0.2, 0.25) is 5.88 Å². The van der Waals surface area contributed by atoms with Gasteiger partial charge in [0.1, 0.15) is 23.1 Å². The van der Waals surface area contributed by atoms with Gasteiger partial charge in [-0.3, -0.25) is 19.8 Å². The summed E-state index contributed by atoms with van der Waals surface area (Å²) in [6, 6.07) is 23.2. The number of H-pyrrole nitrogens is 1. The molecule has 374 valence electrons. The normalized spacial score (nSPS) is 26.5. The molecule has 1 amide bonds. The number of fused-ring (bicyclic) bond motifs is 3. The smallest absolute Gasteiger partial charge is 0.293 e. The Morgan fingerprint density at radius 3 is 2.48 bits per heavy atom. The Hall–Kier alpha value is -5.75. The highest BCUT2D eigenvalue weighted by atomic mass is 32.2. The zero-order valence-electron chi connectivity index (χ0n) is 40.6. The van der Waals surface area contributed by atoms with Crippen LogP contribution in [0.1, 0.15) is 117 Å². The molecule has 5 aromatic rings. The Bertz CT molecular complexity index is 2970. The summed E-state index contributed by atoms with van der Waals surface area (Å²) in [7, 11) is -2.87. The highest BCUT2D eigenvalue weighted by Crippen LogP contribution is 2.55. The first-order chi connectivity index (χ1) is 34.4. The lowest BCUT2D eigenvalue weighted by molar-refractivity contribution is -0.384. The minimum Gasteiger partial charge on any atom is -0.468 e. The molecular weight excluding hydrogens is 921 g/mol. The summed E-state index contributed by atoms with van der Waals surface area (Å²) in [6.07, 6.45) is 14.7. The molecule has 0 bridgehead atoms. The lowest BCUT2D eigenvalue weighted by atomic mass is 9.59. The van der Waals surface area contributed by atoms with Crippen LogP contribution in [0.3, 0.4) is 0 Å². The van der Waals surface area contributed by atoms with Crippen LogP contribution >= 0.6 is 0 Å². The van der Waals surface area contributed by atoms with Gasteiger partial charge in [-0.2, -0.15) is 4.98 Å². The number of ether oxygens (including phenoxy) is 3. The molecule has 6 heterocycles. The number of nitro groups is 1. The van der Waals surface area contributed by atoms with E-state index in [0.29, 0.717) is 60.2 Å². The number of hydrogen-bond acceptors (Lipinski definition) is 13. The van der Waals surface area contributed by atoms with Gasteiger partial charge in [-0.05, 0) is 161 Å². The van der Waals surface area contributed by atoms with E-state index in [1.165, 1.54) is 57.2 Å². The molecule has 71 heavy (non-hydrogen) atoms. The van der Waals surface area contributed by atoms with Crippen molar-refractivity contribution in [1.82, 2.24) is 19.6 Å². The molecule has 3 saturated carbocycles. The zero-order chi connectivity index (χ0) is 48.6. The molecule has 3 aromatic carbocycles. The van der Waals surface area contributed by atoms with Gasteiger partial charge in [0.25, 0.3) is 21.6 Å². The van der Waals surface area contributed by atoms with Crippen LogP contribution in [0.4, 0.5) is 28.4 Å². The number of aromatic nitrogens is 2. The number of methoxy groups -OCH3 is 1. The number of amides is 1. The molecule has 2 aromatic heterocycles. The molecule has 3 saturated heterocycles. The van der Waals surface area contributed by atoms with E-state index in [2.05, 4.69) is 56.0 Å². The molecular formula is C54H64N8O8S. The molecule has 0 unspecified atom stereocenters. The number of sulfonamides is 1. The van der Waals surface area contributed by atoms with Crippen LogP contribution in [0.15, 0.2) is 83.9 Å². The van der Waals surface area contributed by atoms with Crippen molar-refractivity contribution in [3.8, 4) is 5.88 Å². The van der Waals surface area contributed by atoms with E-state index in [4.69, 9.17) is 19.2 Å². The predicted molar refractivity (Wildman–Crippen MR) is 271 cm³/mol. The lowest BCUT2D eigenvalue weighted by Gasteiger charge is -2.56. The predicted octanol–water partition coefficient (Wildman–Crippen LogP) is 9.36. The molecule has 16 nitrogen and oxygen atoms in total. The number of benzene rings is 3. The molecule has 3 N–H and O–H groups in total. The molecule has 6 fully saturated rings. The molecule has 7 aliphatic rings. The van der Waals surface area contributed by atoms with Gasteiger partial charge in [0.15, 0.2) is 0 Å². The third kappa shape index (κ3) is 8.69. The maximum absolute atomic E-state index is 14.7. The number of carbonyl (C=O) groups excluding carboxylic acids is 1. The van der Waals surface area contributed by atoms with Gasteiger partial charge < -0.3 is 34.3 Å². The minimum atomic E-state index is -4.60. The third-order valence-corrected chi connectivity index (χ3v) is 18.8. The largest absolute Gasteiger partial charge is 0.468 e. The molecule has 3 aliphatic carbocycles. The minimum absolute atomic E-state index is 0.119. The standard InChI is InChI=1S/C54H64N8O8S/c1-53(68-2)18-15-34(16-19-53)31-56-43-14-12-39(28-46(43)62(64)65)71(66,67)58-51(63)42-13-11-37(27-45(42)61-47-26-36-17-22-55-50(36)57-52(47)70-49-33-69-32-48(49)61)59-24-20-54(21-25-59)29-38(30-54)60-23-5-8-44(60)41-7-4-3-6-40(41)35-9-10-35/h3-4,6-7,11-14,17,22,26-28,34-35,38,44,48-49,56H,5,8-10,15-16,18-21,23-25,29-33H2,1-2H3,(H,55,57)(H,58,63)/t34?,44-,48-,49-,53?/m0/s1. The average Bonchev–Trinajstić information content (AvgIpc) is 3.66. The highest BCUT2D eigenvalue weighted by molar-refractivity contribution is 7.90. The summed E-state index contributed by atoms with van der Waals surface area (Å²) < 4.78 is 48.7. The highest BCUT2D eigenvalue weighted by Gasteiger charge is 2.51. The summed E-state index contributed by atoms with van der Waals surface area (Å²) in [5.74, 6) is 0.536. The number of rotatable bonds is 13. The summed E-state index contributed by atoms with van der Waals surface area (Å²) >= 11 is 0. The number of hydrogen-bond donors (Lipinski definition) is 3. The summed E-state index contributed by atoms with van der Waals surface area (Å²) in [4.78, 5) is 41.3. The summed E-state index contributed by atoms with van der Waals surface area (Å²) in [5, 5.41) is 16.4. The van der Waals surface area contributed by atoms with Crippen molar-refractivity contribution in [3.05, 3.63) is 106 Å². The summed E-state index contributed by atoms with van der Waals surface area (Å²) in [5.41, 5.74) is 5.93. The number of piperidine rings is 1. The number of carbonyl (C=O) groups is 1. The number of nitrogens with one attached hydrogen (secondary N) is 3. The van der Waals surface area contributed by atoms with E-state index in [9.17, 15) is 23.3 Å². The van der Waals surface area contributed by atoms with Gasteiger partial charge in [-0.25, -0.2) is 13.1 Å². The van der Waals surface area contributed by atoms with E-state index in [1.807, 2.05) is 35.4 Å². The fourth-order valence-electron chi connectivity index (χ4n) is 13.0. The average molecular weight is 985 g/mol. The van der Waals surface area contributed by atoms with E-state index in [1.54, 1.807) is 24.3 Å². The van der Waals surface area contributed by atoms with Crippen LogP contribution in [-0.4, -0.2) is 104 Å². The van der Waals surface area contributed by atoms with Crippen molar-refractivity contribution in [1.29, 1.82) is 0 Å². The number of pyridine rings is 1. The van der Waals surface area contributed by atoms with Gasteiger partial charge in [-0.15, -0.1) is 0 Å². The van der Waals surface area contributed by atoms with Gasteiger partial charge in [-0.1, -0.05) is 24.3 Å². The Labute approximate surface area is 415 Å². The monoisotopic (exact) mass is 984 g/mol. The Balaban J connectivity index is 0.801. The third-order valence-electron chi connectivity index (χ3n) is 17.4. The second-order valence-corrected chi connectivity index (χ2v) is 23.4. The van der Waals surface area contributed by atoms with Crippen molar-refractivity contribution >= 4 is 55.4 Å². The SMILES string of the molecule is COC1(C)CCC(CNc2ccc(S(=O)(=O)NC(=O)c3ccc(N4CCC5(CC4)CC(N4CCC[C@H]4c4ccccc4C4CC4)C5)cc3N3c4cc5cc[nH]c5nc4O[C@H]4COC[C@@H]43)cc2[N+](=O)[O-])CC1. The van der Waals surface area contributed by atoms with Crippen LogP contribution in [0.25, 0.3) is 11.0 Å². The van der Waals surface area contributed by atoms with Gasteiger partial charge in [0.05, 0.1) is 45.9 Å². The van der Waals surface area contributed by atoms with Gasteiger partial charge in [0, 0.05) is 62.2 Å².